The highest BCUT2D eigenvalue weighted by molar-refractivity contribution is 5.53. The highest BCUT2D eigenvalue weighted by Crippen LogP contribution is 2.20. The van der Waals surface area contributed by atoms with Crippen molar-refractivity contribution < 1.29 is 19.0 Å². The van der Waals surface area contributed by atoms with Crippen molar-refractivity contribution in [3.8, 4) is 0 Å². The molecule has 0 spiro atoms. The molecule has 0 fully saturated rings. The topological polar surface area (TPSA) is 44.8 Å². The van der Waals surface area contributed by atoms with E-state index in [0.717, 1.165) is 11.8 Å². The van der Waals surface area contributed by atoms with Crippen molar-refractivity contribution in [1.29, 1.82) is 0 Å². The van der Waals surface area contributed by atoms with E-state index >= 15 is 0 Å². The van der Waals surface area contributed by atoms with Crippen LogP contribution < -0.4 is 0 Å². The molecule has 1 aromatic carbocycles. The molecule has 1 rings (SSSR count). The van der Waals surface area contributed by atoms with E-state index in [1.807, 2.05) is 37.3 Å². The lowest BCUT2D eigenvalue weighted by molar-refractivity contribution is -0.130. The molecule has 0 saturated heterocycles. The molecule has 0 aliphatic heterocycles. The van der Waals surface area contributed by atoms with Gasteiger partial charge in [0.1, 0.15) is 13.1 Å². The first-order chi connectivity index (χ1) is 10.6. The van der Waals surface area contributed by atoms with Gasteiger partial charge in [-0.25, -0.2) is 0 Å². The van der Waals surface area contributed by atoms with Gasteiger partial charge < -0.3 is 19.0 Å². The molecule has 0 radical (unpaired) electrons. The van der Waals surface area contributed by atoms with Crippen molar-refractivity contribution in [2.75, 3.05) is 13.9 Å². The lowest BCUT2D eigenvalue weighted by Crippen LogP contribution is -2.32. The fourth-order valence-corrected chi connectivity index (χ4v) is 2.22. The van der Waals surface area contributed by atoms with E-state index in [2.05, 4.69) is 13.8 Å². The molecule has 22 heavy (non-hydrogen) atoms. The van der Waals surface area contributed by atoms with Crippen molar-refractivity contribution in [1.82, 2.24) is 0 Å². The van der Waals surface area contributed by atoms with Gasteiger partial charge in [0, 0.05) is 19.4 Å². The number of hydrogen-bond donors (Lipinski definition) is 0. The smallest absolute Gasteiger partial charge is 0.146 e. The lowest BCUT2D eigenvalue weighted by Gasteiger charge is -2.28. The van der Waals surface area contributed by atoms with E-state index in [0.29, 0.717) is 18.9 Å². The first-order valence-corrected chi connectivity index (χ1v) is 7.79. The minimum absolute atomic E-state index is 0.0319. The van der Waals surface area contributed by atoms with Crippen LogP contribution in [-0.4, -0.2) is 32.4 Å². The van der Waals surface area contributed by atoms with Crippen LogP contribution in [0.2, 0.25) is 0 Å². The molecule has 3 atom stereocenters. The Morgan fingerprint density at radius 3 is 2.27 bits per heavy atom. The predicted molar refractivity (Wildman–Crippen MR) is 86.5 cm³/mol. The van der Waals surface area contributed by atoms with E-state index in [-0.39, 0.29) is 24.9 Å². The molecule has 0 bridgehead atoms. The van der Waals surface area contributed by atoms with E-state index in [1.165, 1.54) is 0 Å². The number of aldehydes is 1. The Labute approximate surface area is 133 Å². The van der Waals surface area contributed by atoms with Gasteiger partial charge in [-0.1, -0.05) is 51.1 Å². The molecule has 0 saturated carbocycles. The van der Waals surface area contributed by atoms with Crippen LogP contribution in [0.1, 0.15) is 32.8 Å². The largest absolute Gasteiger partial charge is 0.373 e. The van der Waals surface area contributed by atoms with Gasteiger partial charge in [-0.15, -0.1) is 0 Å². The van der Waals surface area contributed by atoms with Crippen molar-refractivity contribution in [2.24, 2.45) is 11.8 Å². The third kappa shape index (κ3) is 6.69. The monoisotopic (exact) mass is 308 g/mol. The van der Waals surface area contributed by atoms with Crippen LogP contribution in [0.3, 0.4) is 0 Å². The normalized spacial score (nSPS) is 15.5. The second-order valence-corrected chi connectivity index (χ2v) is 5.92. The fourth-order valence-electron chi connectivity index (χ4n) is 2.22. The Kier molecular flexibility index (Phi) is 8.97. The summed E-state index contributed by atoms with van der Waals surface area (Å²) in [6.07, 6.45) is 1.44. The summed E-state index contributed by atoms with van der Waals surface area (Å²) in [6.45, 7) is 6.85. The number of benzene rings is 1. The third-order valence-electron chi connectivity index (χ3n) is 3.72. The fraction of sp³-hybridized carbons (Fsp3) is 0.611. The number of hydrogen-bond acceptors (Lipinski definition) is 4. The van der Waals surface area contributed by atoms with Crippen molar-refractivity contribution in [3.63, 3.8) is 0 Å². The van der Waals surface area contributed by atoms with Crippen molar-refractivity contribution >= 4 is 6.29 Å². The molecule has 0 heterocycles. The predicted octanol–water partition coefficient (Wildman–Crippen LogP) is 3.44. The van der Waals surface area contributed by atoms with Crippen molar-refractivity contribution in [2.45, 2.75) is 46.0 Å². The number of carbonyl (C=O) groups excluding carboxylic acids is 1. The minimum Gasteiger partial charge on any atom is -0.373 e. The average molecular weight is 308 g/mol. The molecule has 4 heteroatoms. The van der Waals surface area contributed by atoms with Crippen molar-refractivity contribution in [3.05, 3.63) is 35.9 Å². The summed E-state index contributed by atoms with van der Waals surface area (Å²) in [5, 5.41) is 0. The molecule has 0 aliphatic rings. The van der Waals surface area contributed by atoms with Gasteiger partial charge in [-0.3, -0.25) is 0 Å². The Balaban J connectivity index is 2.61. The highest BCUT2D eigenvalue weighted by Gasteiger charge is 2.25. The molecule has 0 aliphatic carbocycles. The summed E-state index contributed by atoms with van der Waals surface area (Å²) in [5.74, 6) is 0.160. The van der Waals surface area contributed by atoms with E-state index < -0.39 is 0 Å². The highest BCUT2D eigenvalue weighted by atomic mass is 16.7. The maximum atomic E-state index is 11.1. The zero-order chi connectivity index (χ0) is 16.4. The first-order valence-electron chi connectivity index (χ1n) is 7.79. The van der Waals surface area contributed by atoms with Crippen LogP contribution in [0.15, 0.2) is 30.3 Å². The zero-order valence-corrected chi connectivity index (χ0v) is 14.0. The summed E-state index contributed by atoms with van der Waals surface area (Å²) >= 11 is 0. The third-order valence-corrected chi connectivity index (χ3v) is 3.72. The van der Waals surface area contributed by atoms with Crippen LogP contribution in [0.25, 0.3) is 0 Å². The molecule has 0 N–H and O–H groups in total. The van der Waals surface area contributed by atoms with Crippen LogP contribution in [0, 0.1) is 11.8 Å². The maximum Gasteiger partial charge on any atom is 0.146 e. The number of rotatable bonds is 11. The Morgan fingerprint density at radius 1 is 1.05 bits per heavy atom. The Bertz CT molecular complexity index is 405. The van der Waals surface area contributed by atoms with E-state index in [4.69, 9.17) is 14.2 Å². The molecule has 124 valence electrons. The summed E-state index contributed by atoms with van der Waals surface area (Å²) in [7, 11) is 1.58. The molecule has 0 unspecified atom stereocenters. The number of ether oxygens (including phenoxy) is 3. The molecular weight excluding hydrogens is 280 g/mol. The Morgan fingerprint density at radius 2 is 1.73 bits per heavy atom. The van der Waals surface area contributed by atoms with Crippen LogP contribution in [0.5, 0.6) is 0 Å². The standard InChI is InChI=1S/C18H28O4/c1-14(2)17(21-12-16-8-6-5-7-9-16)10-18(15(3)11-19)22-13-20-4/h5-9,11,14-15,17-18H,10,12-13H2,1-4H3/t15-,17+,18-/m1/s1. The molecule has 1 aromatic rings. The molecule has 4 nitrogen and oxygen atoms in total. The Hall–Kier alpha value is -1.23. The van der Waals surface area contributed by atoms with Gasteiger partial charge in [-0.2, -0.15) is 0 Å². The van der Waals surface area contributed by atoms with Gasteiger partial charge >= 0.3 is 0 Å². The van der Waals surface area contributed by atoms with E-state index in [9.17, 15) is 4.79 Å². The van der Waals surface area contributed by atoms with E-state index in [1.54, 1.807) is 7.11 Å². The molecular formula is C18H28O4. The van der Waals surface area contributed by atoms with Gasteiger partial charge in [0.05, 0.1) is 18.8 Å². The molecule has 0 amide bonds. The summed E-state index contributed by atoms with van der Waals surface area (Å²) < 4.78 is 16.7. The number of methoxy groups -OCH3 is 1. The van der Waals surface area contributed by atoms with Crippen LogP contribution in [-0.2, 0) is 25.6 Å². The maximum absolute atomic E-state index is 11.1. The van der Waals surface area contributed by atoms with Gasteiger partial charge in [0.2, 0.25) is 0 Å². The molecule has 0 aromatic heterocycles. The number of carbonyl (C=O) groups is 1. The summed E-state index contributed by atoms with van der Waals surface area (Å²) in [5.41, 5.74) is 1.14. The lowest BCUT2D eigenvalue weighted by atomic mass is 9.94. The van der Waals surface area contributed by atoms with Gasteiger partial charge in [-0.05, 0) is 11.5 Å². The minimum atomic E-state index is -0.194. The van der Waals surface area contributed by atoms with Gasteiger partial charge in [0.15, 0.2) is 0 Å². The zero-order valence-electron chi connectivity index (χ0n) is 14.0. The average Bonchev–Trinajstić information content (AvgIpc) is 2.54. The van der Waals surface area contributed by atoms with Crippen LogP contribution in [0.4, 0.5) is 0 Å². The SMILES string of the molecule is COCO[C@H](C[C@H](OCc1ccccc1)C(C)C)[C@H](C)C=O. The second-order valence-electron chi connectivity index (χ2n) is 5.92. The first kappa shape index (κ1) is 18.8. The quantitative estimate of drug-likeness (QED) is 0.464. The summed E-state index contributed by atoms with van der Waals surface area (Å²) in [4.78, 5) is 11.1. The second kappa shape index (κ2) is 10.5. The van der Waals surface area contributed by atoms with Crippen LogP contribution >= 0.6 is 0 Å². The van der Waals surface area contributed by atoms with Gasteiger partial charge in [0.25, 0.3) is 0 Å². The summed E-state index contributed by atoms with van der Waals surface area (Å²) in [6, 6.07) is 10.1.